The predicted octanol–water partition coefficient (Wildman–Crippen LogP) is 3.26. The number of aromatic carboxylic acids is 1. The molecular formula is C18H17NO4. The van der Waals surface area contributed by atoms with Crippen LogP contribution in [0.1, 0.15) is 21.5 Å². The summed E-state index contributed by atoms with van der Waals surface area (Å²) >= 11 is 0. The number of amides is 1. The number of cyclic esters (lactones) is 1. The molecule has 1 aliphatic heterocycles. The molecule has 0 unspecified atom stereocenters. The number of ether oxygens (including phenoxy) is 1. The highest BCUT2D eigenvalue weighted by atomic mass is 16.6. The van der Waals surface area contributed by atoms with Gasteiger partial charge in [-0.1, -0.05) is 30.3 Å². The van der Waals surface area contributed by atoms with Crippen LogP contribution in [0.25, 0.3) is 0 Å². The first-order valence-electron chi connectivity index (χ1n) is 7.40. The quantitative estimate of drug-likeness (QED) is 0.941. The molecule has 2 aromatic rings. The normalized spacial score (nSPS) is 17.2. The largest absolute Gasteiger partial charge is 0.478 e. The molecule has 1 heterocycles. The van der Waals surface area contributed by atoms with Gasteiger partial charge in [0.2, 0.25) is 0 Å². The molecule has 0 radical (unpaired) electrons. The molecule has 1 atom stereocenters. The van der Waals surface area contributed by atoms with Crippen molar-refractivity contribution >= 4 is 17.7 Å². The van der Waals surface area contributed by atoms with Crippen molar-refractivity contribution in [1.82, 2.24) is 0 Å². The summed E-state index contributed by atoms with van der Waals surface area (Å²) in [5.74, 6) is -0.973. The Balaban J connectivity index is 1.88. The number of rotatable bonds is 4. The fourth-order valence-electron chi connectivity index (χ4n) is 2.85. The van der Waals surface area contributed by atoms with Crippen LogP contribution in [0.3, 0.4) is 0 Å². The third-order valence-corrected chi connectivity index (χ3v) is 3.99. The molecule has 1 N–H and O–H groups in total. The second kappa shape index (κ2) is 6.12. The molecule has 3 rings (SSSR count). The maximum atomic E-state index is 12.1. The second-order valence-electron chi connectivity index (χ2n) is 5.59. The number of carbonyl (C=O) groups excluding carboxylic acids is 1. The molecule has 1 aliphatic rings. The number of carbonyl (C=O) groups is 2. The molecule has 5 heteroatoms. The average molecular weight is 311 g/mol. The molecule has 0 bridgehead atoms. The van der Waals surface area contributed by atoms with Crippen LogP contribution in [0.4, 0.5) is 10.5 Å². The molecule has 1 fully saturated rings. The first-order valence-corrected chi connectivity index (χ1v) is 7.40. The lowest BCUT2D eigenvalue weighted by molar-refractivity contribution is 0.0696. The van der Waals surface area contributed by atoms with Gasteiger partial charge in [-0.15, -0.1) is 0 Å². The topological polar surface area (TPSA) is 66.8 Å². The second-order valence-corrected chi connectivity index (χ2v) is 5.59. The lowest BCUT2D eigenvalue weighted by atomic mass is 10.0. The molecule has 23 heavy (non-hydrogen) atoms. The third-order valence-electron chi connectivity index (χ3n) is 3.99. The number of nitrogens with zero attached hydrogens (tertiary/aromatic N) is 1. The average Bonchev–Trinajstić information content (AvgIpc) is 2.88. The van der Waals surface area contributed by atoms with E-state index in [2.05, 4.69) is 0 Å². The molecule has 1 amide bonds. The van der Waals surface area contributed by atoms with Crippen LogP contribution in [0.15, 0.2) is 48.5 Å². The van der Waals surface area contributed by atoms with E-state index < -0.39 is 12.1 Å². The van der Waals surface area contributed by atoms with Gasteiger partial charge in [-0.05, 0) is 42.7 Å². The van der Waals surface area contributed by atoms with Gasteiger partial charge in [0.05, 0.1) is 11.6 Å². The van der Waals surface area contributed by atoms with Crippen LogP contribution in [0.5, 0.6) is 0 Å². The Hall–Kier alpha value is -2.82. The molecular weight excluding hydrogens is 294 g/mol. The van der Waals surface area contributed by atoms with Crippen LogP contribution in [-0.2, 0) is 11.2 Å². The predicted molar refractivity (Wildman–Crippen MR) is 85.9 cm³/mol. The van der Waals surface area contributed by atoms with E-state index in [-0.39, 0.29) is 11.6 Å². The van der Waals surface area contributed by atoms with Crippen molar-refractivity contribution < 1.29 is 19.4 Å². The molecule has 0 aromatic heterocycles. The summed E-state index contributed by atoms with van der Waals surface area (Å²) < 4.78 is 5.19. The maximum absolute atomic E-state index is 12.1. The van der Waals surface area contributed by atoms with Crippen molar-refractivity contribution in [3.05, 3.63) is 65.2 Å². The van der Waals surface area contributed by atoms with Crippen LogP contribution >= 0.6 is 0 Å². The molecule has 5 nitrogen and oxygen atoms in total. The van der Waals surface area contributed by atoms with E-state index in [1.165, 1.54) is 6.07 Å². The number of hydrogen-bond donors (Lipinski definition) is 1. The van der Waals surface area contributed by atoms with Crippen molar-refractivity contribution in [2.75, 3.05) is 11.5 Å². The number of carboxylic acids is 1. The van der Waals surface area contributed by atoms with E-state index in [0.717, 1.165) is 5.56 Å². The van der Waals surface area contributed by atoms with Crippen molar-refractivity contribution in [2.45, 2.75) is 19.4 Å². The molecule has 0 aliphatic carbocycles. The number of aryl methyl sites for hydroxylation is 1. The van der Waals surface area contributed by atoms with Gasteiger partial charge in [0.1, 0.15) is 6.61 Å². The highest BCUT2D eigenvalue weighted by Crippen LogP contribution is 2.27. The highest BCUT2D eigenvalue weighted by molar-refractivity contribution is 5.93. The number of benzene rings is 2. The van der Waals surface area contributed by atoms with E-state index in [1.54, 1.807) is 24.0 Å². The number of hydrogen-bond acceptors (Lipinski definition) is 3. The van der Waals surface area contributed by atoms with Gasteiger partial charge in [0.15, 0.2) is 0 Å². The minimum absolute atomic E-state index is 0.0972. The monoisotopic (exact) mass is 311 g/mol. The Morgan fingerprint density at radius 1 is 1.26 bits per heavy atom. The fourth-order valence-corrected chi connectivity index (χ4v) is 2.85. The van der Waals surface area contributed by atoms with Crippen molar-refractivity contribution in [2.24, 2.45) is 0 Å². The lowest BCUT2D eigenvalue weighted by Gasteiger charge is -2.22. The van der Waals surface area contributed by atoms with Crippen LogP contribution in [0.2, 0.25) is 0 Å². The van der Waals surface area contributed by atoms with Gasteiger partial charge >= 0.3 is 12.1 Å². The Bertz CT molecular complexity index is 742. The first-order chi connectivity index (χ1) is 11.1. The zero-order valence-corrected chi connectivity index (χ0v) is 12.7. The summed E-state index contributed by atoms with van der Waals surface area (Å²) in [6, 6.07) is 14.7. The molecule has 1 saturated heterocycles. The fraction of sp³-hybridized carbons (Fsp3) is 0.222. The van der Waals surface area contributed by atoms with Gasteiger partial charge in [-0.25, -0.2) is 9.59 Å². The third kappa shape index (κ3) is 3.04. The summed E-state index contributed by atoms with van der Waals surface area (Å²) in [5.41, 5.74) is 2.64. The van der Waals surface area contributed by atoms with Crippen molar-refractivity contribution in [3.63, 3.8) is 0 Å². The first kappa shape index (κ1) is 15.1. The summed E-state index contributed by atoms with van der Waals surface area (Å²) in [6.07, 6.45) is 0.292. The zero-order chi connectivity index (χ0) is 16.4. The molecule has 2 aromatic carbocycles. The molecule has 0 spiro atoms. The lowest BCUT2D eigenvalue weighted by Crippen LogP contribution is -2.35. The van der Waals surface area contributed by atoms with Crippen molar-refractivity contribution in [3.8, 4) is 0 Å². The summed E-state index contributed by atoms with van der Waals surface area (Å²) in [7, 11) is 0. The van der Waals surface area contributed by atoms with Crippen LogP contribution in [-0.4, -0.2) is 29.8 Å². The minimum Gasteiger partial charge on any atom is -0.478 e. The number of anilines is 1. The van der Waals surface area contributed by atoms with Gasteiger partial charge in [0, 0.05) is 5.69 Å². The summed E-state index contributed by atoms with van der Waals surface area (Å²) in [4.78, 5) is 24.8. The summed E-state index contributed by atoms with van der Waals surface area (Å²) in [5, 5.41) is 9.12. The maximum Gasteiger partial charge on any atom is 0.414 e. The Morgan fingerprint density at radius 2 is 2.00 bits per heavy atom. The molecule has 118 valence electrons. The standard InChI is InChI=1S/C18H17NO4/c1-12-9-14(7-8-16(12)17(20)21)19-15(11-23-18(19)22)10-13-5-3-2-4-6-13/h2-9,15H,10-11H2,1H3,(H,20,21)/t15-/m1/s1. The van der Waals surface area contributed by atoms with E-state index in [0.29, 0.717) is 24.3 Å². The smallest absolute Gasteiger partial charge is 0.414 e. The van der Waals surface area contributed by atoms with E-state index in [9.17, 15) is 9.59 Å². The SMILES string of the molecule is Cc1cc(N2C(=O)OC[C@H]2Cc2ccccc2)ccc1C(=O)O. The van der Waals surface area contributed by atoms with E-state index in [1.807, 2.05) is 30.3 Å². The highest BCUT2D eigenvalue weighted by Gasteiger charge is 2.34. The van der Waals surface area contributed by atoms with Gasteiger partial charge in [0.25, 0.3) is 0 Å². The summed E-state index contributed by atoms with van der Waals surface area (Å²) in [6.45, 7) is 2.05. The Morgan fingerprint density at radius 3 is 2.65 bits per heavy atom. The molecule has 0 saturated carbocycles. The number of carboxylic acid groups (broad SMARTS) is 1. The minimum atomic E-state index is -0.973. The zero-order valence-electron chi connectivity index (χ0n) is 12.7. The van der Waals surface area contributed by atoms with Gasteiger partial charge < -0.3 is 9.84 Å². The Labute approximate surface area is 134 Å². The van der Waals surface area contributed by atoms with E-state index in [4.69, 9.17) is 9.84 Å². The van der Waals surface area contributed by atoms with Crippen LogP contribution in [0, 0.1) is 6.92 Å². The van der Waals surface area contributed by atoms with Crippen molar-refractivity contribution in [1.29, 1.82) is 0 Å². The Kier molecular flexibility index (Phi) is 4.02. The van der Waals surface area contributed by atoms with E-state index >= 15 is 0 Å². The van der Waals surface area contributed by atoms with Gasteiger partial charge in [-0.2, -0.15) is 0 Å². The van der Waals surface area contributed by atoms with Crippen LogP contribution < -0.4 is 4.90 Å². The van der Waals surface area contributed by atoms with Gasteiger partial charge in [-0.3, -0.25) is 4.90 Å².